The topological polar surface area (TPSA) is 66.8 Å². The smallest absolute Gasteiger partial charge is 0.410 e. The first-order valence-electron chi connectivity index (χ1n) is 7.63. The Kier molecular flexibility index (Phi) is 5.19. The molecule has 1 aliphatic heterocycles. The number of carbonyl (C=O) groups excluding carboxylic acids is 1. The van der Waals surface area contributed by atoms with Crippen LogP contribution in [0.2, 0.25) is 5.02 Å². The van der Waals surface area contributed by atoms with Crippen LogP contribution in [0, 0.1) is 5.92 Å². The number of likely N-dealkylation sites (tertiary alicyclic amines) is 1. The molecular formula is C17H22ClNO4. The van der Waals surface area contributed by atoms with Crippen LogP contribution < -0.4 is 0 Å². The highest BCUT2D eigenvalue weighted by Crippen LogP contribution is 2.34. The van der Waals surface area contributed by atoms with Gasteiger partial charge in [-0.2, -0.15) is 0 Å². The minimum absolute atomic E-state index is 0.154. The van der Waals surface area contributed by atoms with Crippen molar-refractivity contribution in [1.29, 1.82) is 0 Å². The van der Waals surface area contributed by atoms with E-state index in [4.69, 9.17) is 16.3 Å². The SMILES string of the molecule is CC(C)(C)OC(=O)N1CCC(C(C(=O)O)c2cccc(Cl)c2)C1. The predicted molar refractivity (Wildman–Crippen MR) is 87.7 cm³/mol. The highest BCUT2D eigenvalue weighted by molar-refractivity contribution is 6.30. The van der Waals surface area contributed by atoms with Gasteiger partial charge in [-0.15, -0.1) is 0 Å². The van der Waals surface area contributed by atoms with E-state index in [0.717, 1.165) is 0 Å². The number of carboxylic acids is 1. The zero-order chi connectivity index (χ0) is 17.2. The van der Waals surface area contributed by atoms with Crippen molar-refractivity contribution in [2.45, 2.75) is 38.7 Å². The van der Waals surface area contributed by atoms with Crippen molar-refractivity contribution in [1.82, 2.24) is 4.90 Å². The van der Waals surface area contributed by atoms with Gasteiger partial charge in [0.15, 0.2) is 0 Å². The van der Waals surface area contributed by atoms with Crippen molar-refractivity contribution < 1.29 is 19.4 Å². The molecule has 0 spiro atoms. The standard InChI is InChI=1S/C17H22ClNO4/c1-17(2,3)23-16(22)19-8-7-12(10-19)14(15(20)21)11-5-4-6-13(18)9-11/h4-6,9,12,14H,7-8,10H2,1-3H3,(H,20,21). The molecule has 1 amide bonds. The first-order valence-corrected chi connectivity index (χ1v) is 8.01. The zero-order valence-electron chi connectivity index (χ0n) is 13.6. The molecule has 1 aromatic rings. The number of benzene rings is 1. The van der Waals surface area contributed by atoms with Gasteiger partial charge in [-0.1, -0.05) is 23.7 Å². The second kappa shape index (κ2) is 6.79. The average molecular weight is 340 g/mol. The van der Waals surface area contributed by atoms with Gasteiger partial charge in [0.25, 0.3) is 0 Å². The first-order chi connectivity index (χ1) is 10.7. The highest BCUT2D eigenvalue weighted by Gasteiger charge is 2.38. The molecule has 1 aliphatic rings. The fourth-order valence-corrected chi connectivity index (χ4v) is 3.07. The summed E-state index contributed by atoms with van der Waals surface area (Å²) in [5, 5.41) is 10.1. The third-order valence-electron chi connectivity index (χ3n) is 3.82. The summed E-state index contributed by atoms with van der Waals surface area (Å²) in [6.45, 7) is 6.31. The molecule has 0 radical (unpaired) electrons. The van der Waals surface area contributed by atoms with Gasteiger partial charge in [0, 0.05) is 18.1 Å². The van der Waals surface area contributed by atoms with Crippen LogP contribution in [0.4, 0.5) is 4.79 Å². The molecule has 6 heteroatoms. The number of halogens is 1. The monoisotopic (exact) mass is 339 g/mol. The summed E-state index contributed by atoms with van der Waals surface area (Å²) in [5.41, 5.74) is 0.106. The van der Waals surface area contributed by atoms with Crippen LogP contribution in [-0.2, 0) is 9.53 Å². The number of amides is 1. The van der Waals surface area contributed by atoms with E-state index < -0.39 is 23.6 Å². The summed E-state index contributed by atoms with van der Waals surface area (Å²) >= 11 is 5.97. The first kappa shape index (κ1) is 17.6. The van der Waals surface area contributed by atoms with Crippen LogP contribution in [0.15, 0.2) is 24.3 Å². The number of carboxylic acid groups (broad SMARTS) is 1. The summed E-state index contributed by atoms with van der Waals surface area (Å²) in [5.74, 6) is -1.73. The van der Waals surface area contributed by atoms with Crippen molar-refractivity contribution in [3.63, 3.8) is 0 Å². The lowest BCUT2D eigenvalue weighted by atomic mass is 9.85. The van der Waals surface area contributed by atoms with Crippen molar-refractivity contribution >= 4 is 23.7 Å². The molecule has 23 heavy (non-hydrogen) atoms. The molecule has 0 bridgehead atoms. The van der Waals surface area contributed by atoms with E-state index in [1.807, 2.05) is 20.8 Å². The Hall–Kier alpha value is -1.75. The molecule has 1 heterocycles. The van der Waals surface area contributed by atoms with E-state index in [1.54, 1.807) is 29.2 Å². The van der Waals surface area contributed by atoms with Crippen molar-refractivity contribution in [2.24, 2.45) is 5.92 Å². The van der Waals surface area contributed by atoms with E-state index in [0.29, 0.717) is 30.1 Å². The maximum absolute atomic E-state index is 12.1. The zero-order valence-corrected chi connectivity index (χ0v) is 14.3. The summed E-state index contributed by atoms with van der Waals surface area (Å²) in [4.78, 5) is 25.4. The Labute approximate surface area is 141 Å². The van der Waals surface area contributed by atoms with Gasteiger partial charge in [-0.05, 0) is 50.8 Å². The Morgan fingerprint density at radius 1 is 1.39 bits per heavy atom. The summed E-state index contributed by atoms with van der Waals surface area (Å²) in [7, 11) is 0. The van der Waals surface area contributed by atoms with Gasteiger partial charge in [0.1, 0.15) is 5.60 Å². The van der Waals surface area contributed by atoms with Crippen LogP contribution in [0.5, 0.6) is 0 Å². The summed E-state index contributed by atoms with van der Waals surface area (Å²) in [6, 6.07) is 6.90. The molecule has 1 N–H and O–H groups in total. The molecule has 0 aromatic heterocycles. The maximum Gasteiger partial charge on any atom is 0.410 e. The number of hydrogen-bond donors (Lipinski definition) is 1. The van der Waals surface area contributed by atoms with E-state index in [2.05, 4.69) is 0 Å². The van der Waals surface area contributed by atoms with Gasteiger partial charge < -0.3 is 14.7 Å². The van der Waals surface area contributed by atoms with Gasteiger partial charge in [-0.25, -0.2) is 4.79 Å². The molecule has 2 unspecified atom stereocenters. The fraction of sp³-hybridized carbons (Fsp3) is 0.529. The van der Waals surface area contributed by atoms with Gasteiger partial charge in [-0.3, -0.25) is 4.79 Å². The number of hydrogen-bond acceptors (Lipinski definition) is 3. The lowest BCUT2D eigenvalue weighted by Gasteiger charge is -2.25. The normalized spacial score (nSPS) is 19.5. The summed E-state index contributed by atoms with van der Waals surface area (Å²) in [6.07, 6.45) is 0.234. The Morgan fingerprint density at radius 2 is 2.09 bits per heavy atom. The highest BCUT2D eigenvalue weighted by atomic mass is 35.5. The third-order valence-corrected chi connectivity index (χ3v) is 4.06. The number of aliphatic carboxylic acids is 1. The molecule has 5 nitrogen and oxygen atoms in total. The number of carbonyl (C=O) groups is 2. The third kappa shape index (κ3) is 4.61. The molecule has 1 aromatic carbocycles. The summed E-state index contributed by atoms with van der Waals surface area (Å²) < 4.78 is 5.35. The van der Waals surface area contributed by atoms with E-state index in [-0.39, 0.29) is 5.92 Å². The van der Waals surface area contributed by atoms with Crippen LogP contribution >= 0.6 is 11.6 Å². The number of rotatable bonds is 3. The largest absolute Gasteiger partial charge is 0.481 e. The quantitative estimate of drug-likeness (QED) is 0.910. The fourth-order valence-electron chi connectivity index (χ4n) is 2.87. The second-order valence-electron chi connectivity index (χ2n) is 6.85. The minimum atomic E-state index is -0.900. The van der Waals surface area contributed by atoms with E-state index in [1.165, 1.54) is 0 Å². The molecule has 2 atom stereocenters. The Bertz CT molecular complexity index is 597. The van der Waals surface area contributed by atoms with Crippen LogP contribution in [-0.4, -0.2) is 40.8 Å². The van der Waals surface area contributed by atoms with Gasteiger partial charge in [0.05, 0.1) is 5.92 Å². The Morgan fingerprint density at radius 3 is 2.65 bits per heavy atom. The molecule has 2 rings (SSSR count). The second-order valence-corrected chi connectivity index (χ2v) is 7.28. The molecular weight excluding hydrogens is 318 g/mol. The van der Waals surface area contributed by atoms with Gasteiger partial charge in [0.2, 0.25) is 0 Å². The van der Waals surface area contributed by atoms with Crippen LogP contribution in [0.1, 0.15) is 38.7 Å². The van der Waals surface area contributed by atoms with Crippen molar-refractivity contribution in [3.8, 4) is 0 Å². The number of ether oxygens (including phenoxy) is 1. The Balaban J connectivity index is 2.11. The molecule has 1 fully saturated rings. The average Bonchev–Trinajstić information content (AvgIpc) is 2.86. The van der Waals surface area contributed by atoms with Crippen LogP contribution in [0.25, 0.3) is 0 Å². The lowest BCUT2D eigenvalue weighted by Crippen LogP contribution is -2.36. The molecule has 0 aliphatic carbocycles. The minimum Gasteiger partial charge on any atom is -0.481 e. The molecule has 126 valence electrons. The van der Waals surface area contributed by atoms with Crippen LogP contribution in [0.3, 0.4) is 0 Å². The van der Waals surface area contributed by atoms with E-state index >= 15 is 0 Å². The maximum atomic E-state index is 12.1. The lowest BCUT2D eigenvalue weighted by molar-refractivity contribution is -0.140. The molecule has 0 saturated carbocycles. The van der Waals surface area contributed by atoms with Crippen molar-refractivity contribution in [3.05, 3.63) is 34.9 Å². The van der Waals surface area contributed by atoms with Crippen molar-refractivity contribution in [2.75, 3.05) is 13.1 Å². The van der Waals surface area contributed by atoms with Gasteiger partial charge >= 0.3 is 12.1 Å². The molecule has 1 saturated heterocycles. The van der Waals surface area contributed by atoms with E-state index in [9.17, 15) is 14.7 Å². The predicted octanol–water partition coefficient (Wildman–Crippen LogP) is 3.77. The number of nitrogens with zero attached hydrogens (tertiary/aromatic N) is 1.